The molecule has 0 bridgehead atoms. The number of ether oxygens (including phenoxy) is 1. The Morgan fingerprint density at radius 1 is 1.42 bits per heavy atom. The Balaban J connectivity index is 2.44. The summed E-state index contributed by atoms with van der Waals surface area (Å²) < 4.78 is 39.4. The number of alkyl halides is 3. The number of halogens is 4. The van der Waals surface area contributed by atoms with Crippen LogP contribution in [0.2, 0.25) is 0 Å². The third kappa shape index (κ3) is 3.35. The second kappa shape index (κ2) is 3.56. The van der Waals surface area contributed by atoms with E-state index in [0.717, 1.165) is 11.3 Å². The van der Waals surface area contributed by atoms with Gasteiger partial charge in [0.1, 0.15) is 0 Å². The minimum absolute atomic E-state index is 0.0980. The molecule has 0 N–H and O–H groups in total. The summed E-state index contributed by atoms with van der Waals surface area (Å²) in [6.07, 6.45) is -4.34. The maximum absolute atomic E-state index is 11.6. The zero-order valence-corrected chi connectivity index (χ0v) is 7.83. The van der Waals surface area contributed by atoms with Crippen molar-refractivity contribution in [2.24, 2.45) is 0 Å². The summed E-state index contributed by atoms with van der Waals surface area (Å²) in [4.78, 5) is 0. The van der Waals surface area contributed by atoms with Gasteiger partial charge in [-0.05, 0) is 27.3 Å². The molecule has 0 aliphatic rings. The fourth-order valence-electron chi connectivity index (χ4n) is 0.395. The average molecular weight is 263 g/mol. The van der Waals surface area contributed by atoms with E-state index in [2.05, 4.69) is 30.9 Å². The third-order valence-electron chi connectivity index (χ3n) is 0.741. The first-order chi connectivity index (χ1) is 5.47. The molecular formula is C4H2BrF3N2OS. The number of hydrogen-bond acceptors (Lipinski definition) is 4. The van der Waals surface area contributed by atoms with Gasteiger partial charge in [0.2, 0.25) is 0 Å². The van der Waals surface area contributed by atoms with Crippen LogP contribution in [0, 0.1) is 0 Å². The molecule has 0 spiro atoms. The molecule has 68 valence electrons. The van der Waals surface area contributed by atoms with Crippen LogP contribution in [-0.2, 0) is 0 Å². The lowest BCUT2D eigenvalue weighted by atomic mass is 10.7. The van der Waals surface area contributed by atoms with Crippen LogP contribution in [0.5, 0.6) is 5.19 Å². The second-order valence-corrected chi connectivity index (χ2v) is 3.94. The fraction of sp³-hybridized carbons (Fsp3) is 0.500. The predicted molar refractivity (Wildman–Crippen MR) is 39.2 cm³/mol. The summed E-state index contributed by atoms with van der Waals surface area (Å²) in [5.41, 5.74) is 0. The highest BCUT2D eigenvalue weighted by molar-refractivity contribution is 9.11. The molecule has 0 saturated carbocycles. The van der Waals surface area contributed by atoms with Crippen LogP contribution < -0.4 is 4.74 Å². The molecule has 0 aliphatic carbocycles. The van der Waals surface area contributed by atoms with Crippen LogP contribution in [0.3, 0.4) is 0 Å². The Morgan fingerprint density at radius 3 is 2.50 bits per heavy atom. The van der Waals surface area contributed by atoms with E-state index in [9.17, 15) is 13.2 Å². The monoisotopic (exact) mass is 262 g/mol. The first-order valence-corrected chi connectivity index (χ1v) is 4.27. The van der Waals surface area contributed by atoms with Crippen molar-refractivity contribution in [2.75, 3.05) is 6.61 Å². The van der Waals surface area contributed by atoms with Gasteiger partial charge in [-0.25, -0.2) is 0 Å². The minimum atomic E-state index is -4.34. The van der Waals surface area contributed by atoms with E-state index < -0.39 is 12.8 Å². The van der Waals surface area contributed by atoms with E-state index in [4.69, 9.17) is 0 Å². The molecule has 0 unspecified atom stereocenters. The van der Waals surface area contributed by atoms with Crippen LogP contribution >= 0.6 is 27.3 Å². The van der Waals surface area contributed by atoms with E-state index in [-0.39, 0.29) is 5.19 Å². The summed E-state index contributed by atoms with van der Waals surface area (Å²) in [7, 11) is 0. The van der Waals surface area contributed by atoms with E-state index in [1.807, 2.05) is 0 Å². The van der Waals surface area contributed by atoms with Gasteiger partial charge in [-0.1, -0.05) is 5.10 Å². The zero-order valence-electron chi connectivity index (χ0n) is 5.43. The lowest BCUT2D eigenvalue weighted by molar-refractivity contribution is -0.153. The number of nitrogens with zero attached hydrogens (tertiary/aromatic N) is 2. The van der Waals surface area contributed by atoms with Crippen molar-refractivity contribution in [3.63, 3.8) is 0 Å². The molecule has 1 heterocycles. The summed E-state index contributed by atoms with van der Waals surface area (Å²) in [5, 5.41) is 6.63. The van der Waals surface area contributed by atoms with Crippen LogP contribution in [0.25, 0.3) is 0 Å². The summed E-state index contributed by atoms with van der Waals surface area (Å²) in [6, 6.07) is 0. The van der Waals surface area contributed by atoms with Gasteiger partial charge >= 0.3 is 6.18 Å². The highest BCUT2D eigenvalue weighted by Crippen LogP contribution is 2.24. The van der Waals surface area contributed by atoms with Crippen molar-refractivity contribution in [3.8, 4) is 5.19 Å². The summed E-state index contributed by atoms with van der Waals surface area (Å²) in [5.74, 6) is 0. The molecular weight excluding hydrogens is 261 g/mol. The van der Waals surface area contributed by atoms with Gasteiger partial charge in [0.15, 0.2) is 10.5 Å². The quantitative estimate of drug-likeness (QED) is 0.820. The zero-order chi connectivity index (χ0) is 9.19. The molecule has 12 heavy (non-hydrogen) atoms. The molecule has 3 nitrogen and oxygen atoms in total. The largest absolute Gasteiger partial charge is 0.459 e. The van der Waals surface area contributed by atoms with Crippen molar-refractivity contribution >= 4 is 27.3 Å². The van der Waals surface area contributed by atoms with Crippen LogP contribution in [0.1, 0.15) is 0 Å². The minimum Gasteiger partial charge on any atom is -0.459 e. The maximum atomic E-state index is 11.6. The topological polar surface area (TPSA) is 35.0 Å². The van der Waals surface area contributed by atoms with Crippen molar-refractivity contribution in [1.29, 1.82) is 0 Å². The highest BCUT2D eigenvalue weighted by Gasteiger charge is 2.29. The molecule has 0 radical (unpaired) electrons. The molecule has 0 fully saturated rings. The van der Waals surface area contributed by atoms with Gasteiger partial charge in [-0.15, -0.1) is 5.10 Å². The maximum Gasteiger partial charge on any atom is 0.422 e. The smallest absolute Gasteiger partial charge is 0.422 e. The van der Waals surface area contributed by atoms with E-state index in [0.29, 0.717) is 3.92 Å². The van der Waals surface area contributed by atoms with Crippen molar-refractivity contribution in [1.82, 2.24) is 10.2 Å². The average Bonchev–Trinajstić information content (AvgIpc) is 2.30. The van der Waals surface area contributed by atoms with Gasteiger partial charge in [0.05, 0.1) is 0 Å². The first kappa shape index (κ1) is 9.72. The Hall–Kier alpha value is -0.370. The summed E-state index contributed by atoms with van der Waals surface area (Å²) in [6.45, 7) is -1.34. The van der Waals surface area contributed by atoms with Crippen molar-refractivity contribution in [2.45, 2.75) is 6.18 Å². The molecule has 0 atom stereocenters. The molecule has 0 aromatic carbocycles. The number of rotatable bonds is 2. The molecule has 0 aliphatic heterocycles. The SMILES string of the molecule is FC(F)(F)COc1nnc(Br)s1. The van der Waals surface area contributed by atoms with Crippen molar-refractivity contribution < 1.29 is 17.9 Å². The molecule has 8 heteroatoms. The first-order valence-electron chi connectivity index (χ1n) is 2.66. The highest BCUT2D eigenvalue weighted by atomic mass is 79.9. The van der Waals surface area contributed by atoms with Gasteiger partial charge in [-0.2, -0.15) is 13.2 Å². The van der Waals surface area contributed by atoms with Crippen molar-refractivity contribution in [3.05, 3.63) is 3.92 Å². The summed E-state index contributed by atoms with van der Waals surface area (Å²) >= 11 is 3.84. The van der Waals surface area contributed by atoms with Gasteiger partial charge in [-0.3, -0.25) is 0 Å². The molecule has 0 amide bonds. The Bertz CT molecular complexity index is 263. The third-order valence-corrected chi connectivity index (χ3v) is 2.01. The van der Waals surface area contributed by atoms with E-state index >= 15 is 0 Å². The molecule has 1 rings (SSSR count). The fourth-order valence-corrected chi connectivity index (χ4v) is 1.31. The number of hydrogen-bond donors (Lipinski definition) is 0. The predicted octanol–water partition coefficient (Wildman–Crippen LogP) is 2.24. The van der Waals surface area contributed by atoms with E-state index in [1.54, 1.807) is 0 Å². The normalized spacial score (nSPS) is 11.7. The van der Waals surface area contributed by atoms with Crippen LogP contribution in [-0.4, -0.2) is 23.0 Å². The number of aromatic nitrogens is 2. The van der Waals surface area contributed by atoms with E-state index in [1.165, 1.54) is 0 Å². The lowest BCUT2D eigenvalue weighted by Crippen LogP contribution is -2.19. The van der Waals surface area contributed by atoms with Gasteiger partial charge < -0.3 is 4.74 Å². The van der Waals surface area contributed by atoms with Crippen LogP contribution in [0.15, 0.2) is 3.92 Å². The molecule has 1 aromatic rings. The lowest BCUT2D eigenvalue weighted by Gasteiger charge is -2.04. The standard InChI is InChI=1S/C4H2BrF3N2OS/c5-2-9-10-3(12-2)11-1-4(6,7)8/h1H2. The van der Waals surface area contributed by atoms with Crippen LogP contribution in [0.4, 0.5) is 13.2 Å². The van der Waals surface area contributed by atoms with Gasteiger partial charge in [0.25, 0.3) is 5.19 Å². The van der Waals surface area contributed by atoms with Gasteiger partial charge in [0, 0.05) is 0 Å². The Labute approximate surface area is 77.7 Å². The Morgan fingerprint density at radius 2 is 2.08 bits per heavy atom. The molecule has 0 saturated heterocycles. The molecule has 1 aromatic heterocycles. The Kier molecular flexibility index (Phi) is 2.89. The second-order valence-electron chi connectivity index (χ2n) is 1.72.